The zero-order chi connectivity index (χ0) is 16.1. The van der Waals surface area contributed by atoms with Gasteiger partial charge in [-0.2, -0.15) is 0 Å². The average molecular weight is 314 g/mol. The molecule has 2 atom stereocenters. The minimum atomic E-state index is 0.310. The number of nitrogens with zero attached hydrogens (tertiary/aromatic N) is 2. The van der Waals surface area contributed by atoms with Gasteiger partial charge in [-0.05, 0) is 44.3 Å². The zero-order valence-corrected chi connectivity index (χ0v) is 14.4. The van der Waals surface area contributed by atoms with Crippen molar-refractivity contribution in [1.29, 1.82) is 0 Å². The highest BCUT2D eigenvalue weighted by Gasteiger charge is 2.36. The van der Waals surface area contributed by atoms with Gasteiger partial charge in [-0.3, -0.25) is 9.69 Å². The molecule has 1 saturated carbocycles. The molecule has 1 aromatic rings. The number of likely N-dealkylation sites (tertiary alicyclic amines) is 1. The quantitative estimate of drug-likeness (QED) is 0.824. The number of carbonyl (C=O) groups is 1. The average Bonchev–Trinajstić information content (AvgIpc) is 3.14. The molecule has 0 N–H and O–H groups in total. The van der Waals surface area contributed by atoms with Gasteiger partial charge in [0.2, 0.25) is 5.91 Å². The summed E-state index contributed by atoms with van der Waals surface area (Å²) in [6.45, 7) is 5.21. The van der Waals surface area contributed by atoms with E-state index in [2.05, 4.69) is 34.1 Å². The maximum absolute atomic E-state index is 12.7. The number of hydrogen-bond acceptors (Lipinski definition) is 2. The van der Waals surface area contributed by atoms with Crippen LogP contribution in [0.1, 0.15) is 57.4 Å². The lowest BCUT2D eigenvalue weighted by Gasteiger charge is -2.44. The van der Waals surface area contributed by atoms with Crippen LogP contribution in [0.25, 0.3) is 0 Å². The van der Waals surface area contributed by atoms with Crippen molar-refractivity contribution in [2.24, 2.45) is 0 Å². The van der Waals surface area contributed by atoms with Crippen LogP contribution in [0.4, 0.5) is 0 Å². The third-order valence-electron chi connectivity index (χ3n) is 5.52. The summed E-state index contributed by atoms with van der Waals surface area (Å²) in [5.41, 5.74) is 1.25. The van der Waals surface area contributed by atoms with E-state index in [-0.39, 0.29) is 0 Å². The van der Waals surface area contributed by atoms with E-state index in [4.69, 9.17) is 0 Å². The van der Waals surface area contributed by atoms with Gasteiger partial charge in [-0.1, -0.05) is 50.1 Å². The highest BCUT2D eigenvalue weighted by atomic mass is 16.2. The summed E-state index contributed by atoms with van der Waals surface area (Å²) >= 11 is 0. The standard InChI is InChI=1S/C20H30N2O/c1-2-20(23)22(16-17-10-4-3-5-11-17)19-13-7-6-12-18(19)21-14-8-9-15-21/h3-5,10-11,18-19H,2,6-9,12-16H2,1H3/t18-,19-/m1/s1. The molecule has 3 nitrogen and oxygen atoms in total. The number of amides is 1. The summed E-state index contributed by atoms with van der Waals surface area (Å²) in [6, 6.07) is 11.4. The van der Waals surface area contributed by atoms with Crippen LogP contribution in [-0.4, -0.2) is 40.9 Å². The number of hydrogen-bond donors (Lipinski definition) is 0. The van der Waals surface area contributed by atoms with Gasteiger partial charge in [0, 0.05) is 25.0 Å². The van der Waals surface area contributed by atoms with E-state index in [9.17, 15) is 4.79 Å². The Morgan fingerprint density at radius 1 is 1.09 bits per heavy atom. The van der Waals surface area contributed by atoms with Crippen LogP contribution in [0.15, 0.2) is 30.3 Å². The topological polar surface area (TPSA) is 23.6 Å². The normalized spacial score (nSPS) is 25.4. The van der Waals surface area contributed by atoms with E-state index in [1.165, 1.54) is 57.2 Å². The first-order valence-corrected chi connectivity index (χ1v) is 9.37. The fourth-order valence-corrected chi connectivity index (χ4v) is 4.33. The summed E-state index contributed by atoms with van der Waals surface area (Å²) in [6.07, 6.45) is 8.25. The van der Waals surface area contributed by atoms with Crippen LogP contribution in [0.2, 0.25) is 0 Å². The Labute approximate surface area is 140 Å². The molecular formula is C20H30N2O. The first kappa shape index (κ1) is 16.5. The second kappa shape index (κ2) is 7.96. The summed E-state index contributed by atoms with van der Waals surface area (Å²) in [4.78, 5) is 17.5. The smallest absolute Gasteiger partial charge is 0.222 e. The predicted molar refractivity (Wildman–Crippen MR) is 94.1 cm³/mol. The predicted octanol–water partition coefficient (Wildman–Crippen LogP) is 3.83. The number of carbonyl (C=O) groups excluding carboxylic acids is 1. The minimum Gasteiger partial charge on any atom is -0.334 e. The Morgan fingerprint density at radius 3 is 2.48 bits per heavy atom. The summed E-state index contributed by atoms with van der Waals surface area (Å²) in [5, 5.41) is 0. The van der Waals surface area contributed by atoms with E-state index < -0.39 is 0 Å². The molecule has 1 saturated heterocycles. The van der Waals surface area contributed by atoms with E-state index in [0.29, 0.717) is 24.4 Å². The molecule has 3 heteroatoms. The van der Waals surface area contributed by atoms with Crippen molar-refractivity contribution in [3.8, 4) is 0 Å². The van der Waals surface area contributed by atoms with Gasteiger partial charge >= 0.3 is 0 Å². The molecule has 0 spiro atoms. The van der Waals surface area contributed by atoms with Crippen molar-refractivity contribution >= 4 is 5.91 Å². The summed E-state index contributed by atoms with van der Waals surface area (Å²) < 4.78 is 0. The van der Waals surface area contributed by atoms with Crippen molar-refractivity contribution in [2.75, 3.05) is 13.1 Å². The molecule has 1 heterocycles. The highest BCUT2D eigenvalue weighted by Crippen LogP contribution is 2.30. The van der Waals surface area contributed by atoms with Crippen LogP contribution < -0.4 is 0 Å². The molecule has 0 unspecified atom stereocenters. The molecule has 23 heavy (non-hydrogen) atoms. The van der Waals surface area contributed by atoms with Gasteiger partial charge in [0.25, 0.3) is 0 Å². The van der Waals surface area contributed by atoms with Crippen LogP contribution >= 0.6 is 0 Å². The molecule has 2 fully saturated rings. The molecule has 0 radical (unpaired) electrons. The zero-order valence-electron chi connectivity index (χ0n) is 14.4. The fraction of sp³-hybridized carbons (Fsp3) is 0.650. The van der Waals surface area contributed by atoms with Gasteiger partial charge in [0.1, 0.15) is 0 Å². The van der Waals surface area contributed by atoms with E-state index in [1.54, 1.807) is 0 Å². The Balaban J connectivity index is 1.79. The van der Waals surface area contributed by atoms with Crippen LogP contribution in [0.5, 0.6) is 0 Å². The third kappa shape index (κ3) is 3.95. The molecule has 126 valence electrons. The third-order valence-corrected chi connectivity index (χ3v) is 5.52. The Hall–Kier alpha value is -1.35. The molecule has 1 aliphatic carbocycles. The number of benzene rings is 1. The molecule has 2 aliphatic rings. The van der Waals surface area contributed by atoms with Crippen molar-refractivity contribution < 1.29 is 4.79 Å². The van der Waals surface area contributed by atoms with Crippen LogP contribution in [0.3, 0.4) is 0 Å². The van der Waals surface area contributed by atoms with E-state index in [0.717, 1.165) is 6.54 Å². The molecule has 0 aromatic heterocycles. The molecular weight excluding hydrogens is 284 g/mol. The Morgan fingerprint density at radius 2 is 1.78 bits per heavy atom. The highest BCUT2D eigenvalue weighted by molar-refractivity contribution is 5.76. The molecule has 1 aromatic carbocycles. The monoisotopic (exact) mass is 314 g/mol. The fourth-order valence-electron chi connectivity index (χ4n) is 4.33. The van der Waals surface area contributed by atoms with Gasteiger partial charge in [0.05, 0.1) is 0 Å². The van der Waals surface area contributed by atoms with Gasteiger partial charge in [0.15, 0.2) is 0 Å². The molecule has 1 amide bonds. The summed E-state index contributed by atoms with van der Waals surface area (Å²) in [5.74, 6) is 0.310. The second-order valence-electron chi connectivity index (χ2n) is 7.02. The van der Waals surface area contributed by atoms with Gasteiger partial charge < -0.3 is 4.90 Å². The van der Waals surface area contributed by atoms with E-state index in [1.807, 2.05) is 13.0 Å². The lowest BCUT2D eigenvalue weighted by Crippen LogP contribution is -2.54. The Bertz CT molecular complexity index is 496. The van der Waals surface area contributed by atoms with Crippen molar-refractivity contribution in [3.05, 3.63) is 35.9 Å². The maximum Gasteiger partial charge on any atom is 0.222 e. The van der Waals surface area contributed by atoms with Crippen molar-refractivity contribution in [2.45, 2.75) is 70.5 Å². The van der Waals surface area contributed by atoms with Gasteiger partial charge in [-0.15, -0.1) is 0 Å². The largest absolute Gasteiger partial charge is 0.334 e. The molecule has 3 rings (SSSR count). The van der Waals surface area contributed by atoms with Crippen LogP contribution in [0, 0.1) is 0 Å². The first-order valence-electron chi connectivity index (χ1n) is 9.37. The molecule has 1 aliphatic heterocycles. The SMILES string of the molecule is CCC(=O)N(Cc1ccccc1)[C@@H]1CCCC[C@H]1N1CCCC1. The van der Waals surface area contributed by atoms with Crippen LogP contribution in [-0.2, 0) is 11.3 Å². The summed E-state index contributed by atoms with van der Waals surface area (Å²) in [7, 11) is 0. The van der Waals surface area contributed by atoms with Crippen molar-refractivity contribution in [3.63, 3.8) is 0 Å². The molecule has 0 bridgehead atoms. The minimum absolute atomic E-state index is 0.310. The van der Waals surface area contributed by atoms with Crippen molar-refractivity contribution in [1.82, 2.24) is 9.80 Å². The number of rotatable bonds is 5. The first-order chi connectivity index (χ1) is 11.3. The van der Waals surface area contributed by atoms with E-state index >= 15 is 0 Å². The maximum atomic E-state index is 12.7. The van der Waals surface area contributed by atoms with Gasteiger partial charge in [-0.25, -0.2) is 0 Å². The Kier molecular flexibility index (Phi) is 5.71. The second-order valence-corrected chi connectivity index (χ2v) is 7.02. The lowest BCUT2D eigenvalue weighted by molar-refractivity contribution is -0.136. The lowest BCUT2D eigenvalue weighted by atomic mass is 9.87.